The Hall–Kier alpha value is -0.380. The molecule has 0 heterocycles. The van der Waals surface area contributed by atoms with Gasteiger partial charge in [-0.15, -0.1) is 6.58 Å². The van der Waals surface area contributed by atoms with E-state index in [1.54, 1.807) is 6.08 Å². The van der Waals surface area contributed by atoms with Crippen LogP contribution in [0.3, 0.4) is 0 Å². The van der Waals surface area contributed by atoms with Gasteiger partial charge < -0.3 is 17.2 Å². The molecule has 0 bridgehead atoms. The first kappa shape index (κ1) is 7.62. The Morgan fingerprint density at radius 2 is 2.00 bits per heavy atom. The SMILES string of the molecule is C=CCC(N)(N)CN. The molecule has 0 aliphatic rings. The van der Waals surface area contributed by atoms with Crippen LogP contribution in [0.5, 0.6) is 0 Å². The van der Waals surface area contributed by atoms with Crippen molar-refractivity contribution in [2.24, 2.45) is 17.2 Å². The van der Waals surface area contributed by atoms with Crippen molar-refractivity contribution in [1.29, 1.82) is 0 Å². The van der Waals surface area contributed by atoms with Gasteiger partial charge in [-0.1, -0.05) is 6.08 Å². The summed E-state index contributed by atoms with van der Waals surface area (Å²) in [7, 11) is 0. The molecule has 0 spiro atoms. The second-order valence-corrected chi connectivity index (χ2v) is 1.93. The minimum atomic E-state index is -0.748. The van der Waals surface area contributed by atoms with Crippen LogP contribution in [0, 0.1) is 0 Å². The molecule has 0 aromatic rings. The van der Waals surface area contributed by atoms with Crippen molar-refractivity contribution in [3.63, 3.8) is 0 Å². The third-order valence-electron chi connectivity index (χ3n) is 0.904. The van der Waals surface area contributed by atoms with Gasteiger partial charge in [-0.25, -0.2) is 0 Å². The lowest BCUT2D eigenvalue weighted by atomic mass is 10.1. The van der Waals surface area contributed by atoms with Gasteiger partial charge >= 0.3 is 0 Å². The monoisotopic (exact) mass is 115 g/mol. The van der Waals surface area contributed by atoms with Crippen molar-refractivity contribution in [2.45, 2.75) is 12.1 Å². The van der Waals surface area contributed by atoms with Gasteiger partial charge in [0.05, 0.1) is 5.66 Å². The van der Waals surface area contributed by atoms with E-state index in [0.29, 0.717) is 13.0 Å². The highest BCUT2D eigenvalue weighted by molar-refractivity contribution is 4.85. The summed E-state index contributed by atoms with van der Waals surface area (Å²) in [6, 6.07) is 0. The van der Waals surface area contributed by atoms with E-state index in [9.17, 15) is 0 Å². The van der Waals surface area contributed by atoms with Crippen LogP contribution in [0.2, 0.25) is 0 Å². The van der Waals surface area contributed by atoms with Gasteiger partial charge in [0.2, 0.25) is 0 Å². The van der Waals surface area contributed by atoms with Gasteiger partial charge in [-0.3, -0.25) is 0 Å². The molecule has 0 aromatic heterocycles. The van der Waals surface area contributed by atoms with E-state index in [2.05, 4.69) is 6.58 Å². The highest BCUT2D eigenvalue weighted by Crippen LogP contribution is 1.93. The van der Waals surface area contributed by atoms with Crippen molar-refractivity contribution >= 4 is 0 Å². The molecule has 48 valence electrons. The van der Waals surface area contributed by atoms with Gasteiger partial charge in [0, 0.05) is 6.54 Å². The van der Waals surface area contributed by atoms with Gasteiger partial charge in [0.1, 0.15) is 0 Å². The number of hydrogen-bond donors (Lipinski definition) is 3. The summed E-state index contributed by atoms with van der Waals surface area (Å²) in [4.78, 5) is 0. The molecule has 3 nitrogen and oxygen atoms in total. The van der Waals surface area contributed by atoms with Gasteiger partial charge in [0.25, 0.3) is 0 Å². The Kier molecular flexibility index (Phi) is 2.68. The fraction of sp³-hybridized carbons (Fsp3) is 0.600. The van der Waals surface area contributed by atoms with E-state index < -0.39 is 5.66 Å². The van der Waals surface area contributed by atoms with Crippen LogP contribution in [0.4, 0.5) is 0 Å². The van der Waals surface area contributed by atoms with Crippen LogP contribution in [0.15, 0.2) is 12.7 Å². The Bertz CT molecular complexity index is 77.7. The molecule has 0 fully saturated rings. The first-order valence-electron chi connectivity index (χ1n) is 2.51. The third kappa shape index (κ3) is 2.74. The molecule has 0 aliphatic heterocycles. The molecule has 0 amide bonds. The molecule has 0 aromatic carbocycles. The second kappa shape index (κ2) is 2.81. The van der Waals surface area contributed by atoms with Crippen molar-refractivity contribution in [3.8, 4) is 0 Å². The van der Waals surface area contributed by atoms with E-state index in [1.165, 1.54) is 0 Å². The van der Waals surface area contributed by atoms with E-state index in [0.717, 1.165) is 0 Å². The third-order valence-corrected chi connectivity index (χ3v) is 0.904. The summed E-state index contributed by atoms with van der Waals surface area (Å²) >= 11 is 0. The fourth-order valence-corrected chi connectivity index (χ4v) is 0.352. The molecule has 0 aliphatic carbocycles. The summed E-state index contributed by atoms with van der Waals surface area (Å²) in [6.45, 7) is 3.77. The van der Waals surface area contributed by atoms with Crippen LogP contribution in [0.1, 0.15) is 6.42 Å². The average Bonchev–Trinajstić information content (AvgIpc) is 1.67. The van der Waals surface area contributed by atoms with Crippen molar-refractivity contribution in [2.75, 3.05) is 6.54 Å². The van der Waals surface area contributed by atoms with Crippen LogP contribution < -0.4 is 17.2 Å². The summed E-state index contributed by atoms with van der Waals surface area (Å²) in [5.41, 5.74) is 15.3. The molecule has 0 radical (unpaired) electrons. The highest BCUT2D eigenvalue weighted by atomic mass is 15.0. The Balaban J connectivity index is 3.53. The minimum Gasteiger partial charge on any atom is -0.328 e. The molecule has 6 N–H and O–H groups in total. The van der Waals surface area contributed by atoms with Crippen molar-refractivity contribution in [3.05, 3.63) is 12.7 Å². The number of hydrogen-bond acceptors (Lipinski definition) is 3. The predicted octanol–water partition coefficient (Wildman–Crippen LogP) is -0.865. The van der Waals surface area contributed by atoms with Gasteiger partial charge in [0.15, 0.2) is 0 Å². The first-order chi connectivity index (χ1) is 3.62. The smallest absolute Gasteiger partial charge is 0.0797 e. The zero-order chi connectivity index (χ0) is 6.62. The molecule has 0 rings (SSSR count). The van der Waals surface area contributed by atoms with Crippen molar-refractivity contribution < 1.29 is 0 Å². The second-order valence-electron chi connectivity index (χ2n) is 1.93. The lowest BCUT2D eigenvalue weighted by molar-refractivity contribution is 0.460. The summed E-state index contributed by atoms with van der Waals surface area (Å²) < 4.78 is 0. The molecule has 0 atom stereocenters. The summed E-state index contributed by atoms with van der Waals surface area (Å²) in [5.74, 6) is 0. The van der Waals surface area contributed by atoms with Gasteiger partial charge in [-0.05, 0) is 6.42 Å². The molecule has 0 unspecified atom stereocenters. The molecule has 8 heavy (non-hydrogen) atoms. The number of rotatable bonds is 3. The first-order valence-corrected chi connectivity index (χ1v) is 2.51. The average molecular weight is 115 g/mol. The Morgan fingerprint density at radius 3 is 2.12 bits per heavy atom. The van der Waals surface area contributed by atoms with Crippen LogP contribution in [-0.2, 0) is 0 Å². The topological polar surface area (TPSA) is 78.1 Å². The van der Waals surface area contributed by atoms with E-state index in [-0.39, 0.29) is 0 Å². The predicted molar refractivity (Wildman–Crippen MR) is 35.0 cm³/mol. The fourth-order valence-electron chi connectivity index (χ4n) is 0.352. The van der Waals surface area contributed by atoms with E-state index in [1.807, 2.05) is 0 Å². The summed E-state index contributed by atoms with van der Waals surface area (Å²) in [5, 5.41) is 0. The number of nitrogens with two attached hydrogens (primary N) is 3. The zero-order valence-corrected chi connectivity index (χ0v) is 4.93. The minimum absolute atomic E-state index is 0.291. The molecular weight excluding hydrogens is 102 g/mol. The maximum absolute atomic E-state index is 5.41. The lowest BCUT2D eigenvalue weighted by Crippen LogP contribution is -2.54. The maximum Gasteiger partial charge on any atom is 0.0797 e. The van der Waals surface area contributed by atoms with E-state index >= 15 is 0 Å². The molecule has 0 saturated carbocycles. The quantitative estimate of drug-likeness (QED) is 0.330. The highest BCUT2D eigenvalue weighted by Gasteiger charge is 2.12. The molecular formula is C5H13N3. The largest absolute Gasteiger partial charge is 0.328 e. The summed E-state index contributed by atoms with van der Waals surface area (Å²) in [6.07, 6.45) is 2.22. The Labute approximate surface area is 49.5 Å². The maximum atomic E-state index is 5.41. The van der Waals surface area contributed by atoms with Gasteiger partial charge in [-0.2, -0.15) is 0 Å². The molecule has 0 saturated heterocycles. The lowest BCUT2D eigenvalue weighted by Gasteiger charge is -2.19. The van der Waals surface area contributed by atoms with Crippen LogP contribution >= 0.6 is 0 Å². The van der Waals surface area contributed by atoms with Crippen molar-refractivity contribution in [1.82, 2.24) is 0 Å². The zero-order valence-electron chi connectivity index (χ0n) is 4.93. The standard InChI is InChI=1S/C5H13N3/c1-2-3-5(7,8)4-6/h2H,1,3-4,6-8H2. The van der Waals surface area contributed by atoms with Crippen LogP contribution in [-0.4, -0.2) is 12.2 Å². The molecule has 3 heteroatoms. The normalized spacial score (nSPS) is 11.4. The van der Waals surface area contributed by atoms with Crippen LogP contribution in [0.25, 0.3) is 0 Å². The van der Waals surface area contributed by atoms with E-state index in [4.69, 9.17) is 17.2 Å². The Morgan fingerprint density at radius 1 is 1.50 bits per heavy atom.